The maximum Gasteiger partial charge on any atom is 0.235 e. The van der Waals surface area contributed by atoms with E-state index in [2.05, 4.69) is 17.1 Å². The predicted molar refractivity (Wildman–Crippen MR) is 96.5 cm³/mol. The van der Waals surface area contributed by atoms with Gasteiger partial charge in [0.2, 0.25) is 5.91 Å². The lowest BCUT2D eigenvalue weighted by Gasteiger charge is -2.31. The Bertz CT molecular complexity index is 894. The Kier molecular flexibility index (Phi) is 3.58. The number of allylic oxidation sites excluding steroid dienone is 1. The second-order valence-corrected chi connectivity index (χ2v) is 5.87. The third kappa shape index (κ3) is 2.46. The number of hydrogen-bond acceptors (Lipinski definition) is 3. The summed E-state index contributed by atoms with van der Waals surface area (Å²) in [6, 6.07) is 17.9. The highest BCUT2D eigenvalue weighted by Crippen LogP contribution is 2.29. The van der Waals surface area contributed by atoms with Crippen LogP contribution in [-0.4, -0.2) is 29.0 Å². The molecular weight excluding hydrogens is 298 g/mol. The molecule has 0 saturated carbocycles. The number of carbonyl (C=O) groups is 1. The highest BCUT2D eigenvalue weighted by atomic mass is 16.2. The third-order valence-electron chi connectivity index (χ3n) is 4.23. The smallest absolute Gasteiger partial charge is 0.235 e. The molecular formula is C20H17N3O. The number of amidine groups is 2. The number of aliphatic imine (C=N–C) groups is 2. The lowest BCUT2D eigenvalue weighted by molar-refractivity contribution is -0.124. The molecule has 4 rings (SSSR count). The first-order chi connectivity index (χ1) is 11.7. The molecule has 0 aromatic heterocycles. The number of carbonyl (C=O) groups excluding carboxylic acids is 1. The Morgan fingerprint density at radius 3 is 2.67 bits per heavy atom. The molecule has 0 fully saturated rings. The van der Waals surface area contributed by atoms with E-state index in [4.69, 9.17) is 4.99 Å². The van der Waals surface area contributed by atoms with Crippen LogP contribution in [0.2, 0.25) is 0 Å². The van der Waals surface area contributed by atoms with Crippen molar-refractivity contribution in [3.05, 3.63) is 71.8 Å². The average Bonchev–Trinajstić information content (AvgIpc) is 2.62. The van der Waals surface area contributed by atoms with Gasteiger partial charge in [-0.05, 0) is 36.3 Å². The minimum absolute atomic E-state index is 0.0466. The summed E-state index contributed by atoms with van der Waals surface area (Å²) in [7, 11) is 0. The first-order valence-corrected chi connectivity index (χ1v) is 8.03. The molecule has 4 nitrogen and oxygen atoms in total. The molecule has 2 aromatic rings. The summed E-state index contributed by atoms with van der Waals surface area (Å²) in [5.41, 5.74) is 3.95. The number of amides is 1. The number of hydrogen-bond donors (Lipinski definition) is 0. The maximum absolute atomic E-state index is 12.5. The fourth-order valence-electron chi connectivity index (χ4n) is 3.01. The van der Waals surface area contributed by atoms with E-state index in [0.717, 1.165) is 22.4 Å². The molecule has 4 heteroatoms. The summed E-state index contributed by atoms with van der Waals surface area (Å²) in [4.78, 5) is 23.4. The molecule has 0 radical (unpaired) electrons. The summed E-state index contributed by atoms with van der Waals surface area (Å²) in [6.07, 6.45) is 2.38. The fraction of sp³-hybridized carbons (Fsp3) is 0.150. The van der Waals surface area contributed by atoms with E-state index < -0.39 is 0 Å². The molecule has 0 saturated heterocycles. The van der Waals surface area contributed by atoms with Gasteiger partial charge in [0.25, 0.3) is 0 Å². The Morgan fingerprint density at radius 1 is 1.08 bits per heavy atom. The van der Waals surface area contributed by atoms with Crippen molar-refractivity contribution >= 4 is 28.8 Å². The van der Waals surface area contributed by atoms with Crippen LogP contribution >= 0.6 is 0 Å². The van der Waals surface area contributed by atoms with E-state index >= 15 is 0 Å². The van der Waals surface area contributed by atoms with Crippen molar-refractivity contribution in [3.8, 4) is 0 Å². The molecule has 2 aromatic carbocycles. The monoisotopic (exact) mass is 315 g/mol. The summed E-state index contributed by atoms with van der Waals surface area (Å²) >= 11 is 0. The van der Waals surface area contributed by atoms with E-state index in [1.54, 1.807) is 4.90 Å². The second-order valence-electron chi connectivity index (χ2n) is 5.87. The van der Waals surface area contributed by atoms with Crippen molar-refractivity contribution in [2.75, 3.05) is 6.54 Å². The topological polar surface area (TPSA) is 45.0 Å². The number of benzene rings is 2. The molecule has 118 valence electrons. The van der Waals surface area contributed by atoms with Crippen molar-refractivity contribution in [1.29, 1.82) is 0 Å². The molecule has 0 unspecified atom stereocenters. The van der Waals surface area contributed by atoms with Crippen molar-refractivity contribution in [2.45, 2.75) is 13.3 Å². The predicted octanol–water partition coefficient (Wildman–Crippen LogP) is 3.81. The van der Waals surface area contributed by atoms with Crippen LogP contribution in [0.15, 0.2) is 70.7 Å². The Morgan fingerprint density at radius 2 is 1.83 bits per heavy atom. The lowest BCUT2D eigenvalue weighted by atomic mass is 10.0. The van der Waals surface area contributed by atoms with Crippen LogP contribution < -0.4 is 0 Å². The van der Waals surface area contributed by atoms with Gasteiger partial charge >= 0.3 is 0 Å². The van der Waals surface area contributed by atoms with Crippen molar-refractivity contribution in [2.24, 2.45) is 9.98 Å². The maximum atomic E-state index is 12.5. The number of fused-ring (bicyclic) bond motifs is 3. The van der Waals surface area contributed by atoms with Crippen LogP contribution in [0.5, 0.6) is 0 Å². The molecule has 0 aliphatic carbocycles. The molecule has 0 atom stereocenters. The summed E-state index contributed by atoms with van der Waals surface area (Å²) in [5.74, 6) is 1.40. The van der Waals surface area contributed by atoms with Crippen LogP contribution in [0.1, 0.15) is 24.5 Å². The third-order valence-corrected chi connectivity index (χ3v) is 4.23. The van der Waals surface area contributed by atoms with Crippen LogP contribution in [0, 0.1) is 0 Å². The first-order valence-electron chi connectivity index (χ1n) is 8.03. The standard InChI is InChI=1S/C20H17N3O/c1-14(15-7-3-2-4-8-15)13-18-22-17-10-6-5-9-16(17)20-21-12-11-19(24)23(18)20/h2-10,13H,11-12H2,1H3/b14-13+. The molecule has 1 amide bonds. The quantitative estimate of drug-likeness (QED) is 0.831. The molecule has 0 spiro atoms. The number of para-hydroxylation sites is 1. The highest BCUT2D eigenvalue weighted by Gasteiger charge is 2.32. The van der Waals surface area contributed by atoms with Gasteiger partial charge in [-0.3, -0.25) is 9.79 Å². The molecule has 2 aliphatic heterocycles. The van der Waals surface area contributed by atoms with Crippen LogP contribution in [0.25, 0.3) is 5.57 Å². The van der Waals surface area contributed by atoms with Crippen molar-refractivity contribution in [1.82, 2.24) is 4.90 Å². The van der Waals surface area contributed by atoms with Gasteiger partial charge in [-0.25, -0.2) is 9.89 Å². The van der Waals surface area contributed by atoms with E-state index in [9.17, 15) is 4.79 Å². The largest absolute Gasteiger partial charge is 0.274 e. The molecule has 2 aliphatic rings. The Balaban J connectivity index is 1.85. The van der Waals surface area contributed by atoms with Gasteiger partial charge in [0.1, 0.15) is 11.7 Å². The highest BCUT2D eigenvalue weighted by molar-refractivity contribution is 6.27. The molecule has 24 heavy (non-hydrogen) atoms. The van der Waals surface area contributed by atoms with Gasteiger partial charge in [-0.15, -0.1) is 0 Å². The zero-order valence-electron chi connectivity index (χ0n) is 13.4. The summed E-state index contributed by atoms with van der Waals surface area (Å²) in [6.45, 7) is 2.57. The second kappa shape index (κ2) is 5.89. The fourth-order valence-corrected chi connectivity index (χ4v) is 3.01. The molecule has 0 bridgehead atoms. The normalized spacial score (nSPS) is 17.0. The van der Waals surface area contributed by atoms with Gasteiger partial charge in [-0.2, -0.15) is 0 Å². The van der Waals surface area contributed by atoms with Gasteiger partial charge in [0.05, 0.1) is 12.2 Å². The van der Waals surface area contributed by atoms with Crippen LogP contribution in [-0.2, 0) is 4.79 Å². The Labute approximate surface area is 140 Å². The average molecular weight is 315 g/mol. The zero-order valence-corrected chi connectivity index (χ0v) is 13.4. The number of nitrogens with zero attached hydrogens (tertiary/aromatic N) is 3. The van der Waals surface area contributed by atoms with Gasteiger partial charge in [0, 0.05) is 12.0 Å². The Hall–Kier alpha value is -3.01. The van der Waals surface area contributed by atoms with Gasteiger partial charge < -0.3 is 0 Å². The van der Waals surface area contributed by atoms with Gasteiger partial charge in [0.15, 0.2) is 0 Å². The lowest BCUT2D eigenvalue weighted by Crippen LogP contribution is -2.46. The van der Waals surface area contributed by atoms with Crippen LogP contribution in [0.4, 0.5) is 5.69 Å². The SMILES string of the molecule is C/C(=C\C1=Nc2ccccc2C2=NCCC(=O)N12)c1ccccc1. The minimum Gasteiger partial charge on any atom is -0.274 e. The van der Waals surface area contributed by atoms with Crippen LogP contribution in [0.3, 0.4) is 0 Å². The van der Waals surface area contributed by atoms with E-state index in [1.165, 1.54) is 0 Å². The van der Waals surface area contributed by atoms with Crippen molar-refractivity contribution in [3.63, 3.8) is 0 Å². The van der Waals surface area contributed by atoms with E-state index in [-0.39, 0.29) is 5.91 Å². The summed E-state index contributed by atoms with van der Waals surface area (Å²) < 4.78 is 0. The van der Waals surface area contributed by atoms with Gasteiger partial charge in [-0.1, -0.05) is 42.5 Å². The van der Waals surface area contributed by atoms with E-state index in [1.807, 2.05) is 55.5 Å². The van der Waals surface area contributed by atoms with E-state index in [0.29, 0.717) is 24.6 Å². The van der Waals surface area contributed by atoms with Crippen molar-refractivity contribution < 1.29 is 4.79 Å². The molecule has 0 N–H and O–H groups in total. The minimum atomic E-state index is 0.0466. The zero-order chi connectivity index (χ0) is 16.5. The number of rotatable bonds is 2. The molecule has 2 heterocycles. The summed E-state index contributed by atoms with van der Waals surface area (Å²) in [5, 5.41) is 0. The first kappa shape index (κ1) is 14.6.